The Kier molecular flexibility index (Phi) is 2.59. The summed E-state index contributed by atoms with van der Waals surface area (Å²) in [6.45, 7) is 10.2. The van der Waals surface area contributed by atoms with Gasteiger partial charge in [-0.05, 0) is 22.5 Å². The van der Waals surface area contributed by atoms with Crippen LogP contribution in [0.25, 0.3) is 0 Å². The fourth-order valence-corrected chi connectivity index (χ4v) is 2.11. The first kappa shape index (κ1) is 10.7. The first-order valence-corrected chi connectivity index (χ1v) is 5.82. The molecule has 1 nitrogen and oxygen atoms in total. The predicted molar refractivity (Wildman–Crippen MR) is 65.0 cm³/mol. The van der Waals surface area contributed by atoms with Crippen molar-refractivity contribution in [3.05, 3.63) is 35.4 Å². The molecule has 0 aliphatic carbocycles. The highest BCUT2D eigenvalue weighted by atomic mass is 15.0. The average molecular weight is 203 g/mol. The summed E-state index contributed by atoms with van der Waals surface area (Å²) >= 11 is 0. The Hall–Kier alpha value is -0.820. The molecule has 15 heavy (non-hydrogen) atoms. The molecule has 1 fully saturated rings. The lowest BCUT2D eigenvalue weighted by molar-refractivity contribution is 0.258. The van der Waals surface area contributed by atoms with Crippen LogP contribution in [0.3, 0.4) is 0 Å². The van der Waals surface area contributed by atoms with E-state index in [1.54, 1.807) is 0 Å². The minimum absolute atomic E-state index is 0.261. The maximum atomic E-state index is 3.47. The molecule has 0 spiro atoms. The minimum atomic E-state index is 0.261. The van der Waals surface area contributed by atoms with Crippen LogP contribution >= 0.6 is 0 Å². The summed E-state index contributed by atoms with van der Waals surface area (Å²) in [6, 6.07) is 9.66. The first-order valence-electron chi connectivity index (χ1n) is 5.82. The fraction of sp³-hybridized carbons (Fsp3) is 0.571. The Morgan fingerprint density at radius 1 is 1.13 bits per heavy atom. The van der Waals surface area contributed by atoms with Gasteiger partial charge in [-0.1, -0.05) is 52.0 Å². The Bertz CT molecular complexity index is 331. The van der Waals surface area contributed by atoms with Gasteiger partial charge in [0.05, 0.1) is 0 Å². The summed E-state index contributed by atoms with van der Waals surface area (Å²) < 4.78 is 0. The SMILES string of the molecule is CC1CNC1c1ccc(C(C)(C)C)cc1. The molecule has 1 saturated heterocycles. The van der Waals surface area contributed by atoms with Gasteiger partial charge in [-0.2, -0.15) is 0 Å². The lowest BCUT2D eigenvalue weighted by Gasteiger charge is -2.36. The van der Waals surface area contributed by atoms with E-state index in [1.165, 1.54) is 11.1 Å². The number of rotatable bonds is 1. The van der Waals surface area contributed by atoms with Crippen molar-refractivity contribution < 1.29 is 0 Å². The average Bonchev–Trinajstić information content (AvgIpc) is 2.15. The Labute approximate surface area is 92.9 Å². The Morgan fingerprint density at radius 3 is 2.07 bits per heavy atom. The van der Waals surface area contributed by atoms with Crippen LogP contribution in [0.5, 0.6) is 0 Å². The van der Waals surface area contributed by atoms with Gasteiger partial charge in [0.25, 0.3) is 0 Å². The highest BCUT2D eigenvalue weighted by molar-refractivity contribution is 5.30. The Morgan fingerprint density at radius 2 is 1.73 bits per heavy atom. The second kappa shape index (κ2) is 3.64. The van der Waals surface area contributed by atoms with Crippen LogP contribution in [0.15, 0.2) is 24.3 Å². The van der Waals surface area contributed by atoms with Crippen LogP contribution in [-0.2, 0) is 5.41 Å². The van der Waals surface area contributed by atoms with E-state index in [0.29, 0.717) is 6.04 Å². The molecule has 1 aliphatic heterocycles. The summed E-state index contributed by atoms with van der Waals surface area (Å²) in [7, 11) is 0. The van der Waals surface area contributed by atoms with E-state index < -0.39 is 0 Å². The van der Waals surface area contributed by atoms with Crippen LogP contribution < -0.4 is 5.32 Å². The van der Waals surface area contributed by atoms with Crippen molar-refractivity contribution in [1.29, 1.82) is 0 Å². The van der Waals surface area contributed by atoms with Crippen molar-refractivity contribution >= 4 is 0 Å². The molecule has 0 amide bonds. The molecule has 0 aromatic heterocycles. The van der Waals surface area contributed by atoms with Crippen LogP contribution in [0.4, 0.5) is 0 Å². The van der Waals surface area contributed by atoms with Gasteiger partial charge in [0.2, 0.25) is 0 Å². The zero-order valence-electron chi connectivity index (χ0n) is 10.2. The lowest BCUT2D eigenvalue weighted by atomic mass is 9.83. The monoisotopic (exact) mass is 203 g/mol. The van der Waals surface area contributed by atoms with Crippen LogP contribution in [0.2, 0.25) is 0 Å². The molecule has 1 N–H and O–H groups in total. The second-order valence-electron chi connectivity index (χ2n) is 5.74. The number of nitrogens with one attached hydrogen (secondary N) is 1. The second-order valence-corrected chi connectivity index (χ2v) is 5.74. The number of benzene rings is 1. The topological polar surface area (TPSA) is 12.0 Å². The van der Waals surface area contributed by atoms with Gasteiger partial charge in [-0.15, -0.1) is 0 Å². The van der Waals surface area contributed by atoms with Gasteiger partial charge in [0, 0.05) is 12.6 Å². The van der Waals surface area contributed by atoms with Crippen LogP contribution in [-0.4, -0.2) is 6.54 Å². The standard InChI is InChI=1S/C14H21N/c1-10-9-15-13(10)11-5-7-12(8-6-11)14(2,3)4/h5-8,10,13,15H,9H2,1-4H3. The Balaban J connectivity index is 2.17. The summed E-state index contributed by atoms with van der Waals surface area (Å²) in [5, 5.41) is 3.47. The largest absolute Gasteiger partial charge is 0.309 e. The fourth-order valence-electron chi connectivity index (χ4n) is 2.11. The van der Waals surface area contributed by atoms with Gasteiger partial charge in [0.15, 0.2) is 0 Å². The zero-order valence-corrected chi connectivity index (χ0v) is 10.2. The number of hydrogen-bond donors (Lipinski definition) is 1. The van der Waals surface area contributed by atoms with E-state index in [9.17, 15) is 0 Å². The third kappa shape index (κ3) is 2.07. The molecule has 1 aromatic rings. The van der Waals surface area contributed by atoms with Crippen LogP contribution in [0, 0.1) is 5.92 Å². The lowest BCUT2D eigenvalue weighted by Crippen LogP contribution is -2.43. The summed E-state index contributed by atoms with van der Waals surface area (Å²) in [4.78, 5) is 0. The van der Waals surface area contributed by atoms with Gasteiger partial charge >= 0.3 is 0 Å². The van der Waals surface area contributed by atoms with Crippen molar-refractivity contribution in [1.82, 2.24) is 5.32 Å². The molecule has 2 unspecified atom stereocenters. The third-order valence-electron chi connectivity index (χ3n) is 3.36. The minimum Gasteiger partial charge on any atom is -0.309 e. The van der Waals surface area contributed by atoms with Gasteiger partial charge in [-0.25, -0.2) is 0 Å². The first-order chi connectivity index (χ1) is 6.98. The van der Waals surface area contributed by atoms with E-state index in [1.807, 2.05) is 0 Å². The smallest absolute Gasteiger partial charge is 0.0358 e. The van der Waals surface area contributed by atoms with E-state index in [2.05, 4.69) is 57.3 Å². The molecule has 1 aliphatic rings. The molecule has 82 valence electrons. The highest BCUT2D eigenvalue weighted by Crippen LogP contribution is 2.30. The van der Waals surface area contributed by atoms with Gasteiger partial charge in [0.1, 0.15) is 0 Å². The van der Waals surface area contributed by atoms with Gasteiger partial charge in [-0.3, -0.25) is 0 Å². The quantitative estimate of drug-likeness (QED) is 0.738. The van der Waals surface area contributed by atoms with Gasteiger partial charge < -0.3 is 5.32 Å². The van der Waals surface area contributed by atoms with Crippen molar-refractivity contribution in [3.8, 4) is 0 Å². The zero-order chi connectivity index (χ0) is 11.1. The maximum absolute atomic E-state index is 3.47. The summed E-state index contributed by atoms with van der Waals surface area (Å²) in [5.74, 6) is 0.783. The molecule has 0 bridgehead atoms. The molecule has 0 saturated carbocycles. The van der Waals surface area contributed by atoms with Crippen molar-refractivity contribution in [3.63, 3.8) is 0 Å². The van der Waals surface area contributed by atoms with Crippen molar-refractivity contribution in [2.24, 2.45) is 5.92 Å². The summed E-state index contributed by atoms with van der Waals surface area (Å²) in [6.07, 6.45) is 0. The molecule has 1 heterocycles. The molecular weight excluding hydrogens is 182 g/mol. The van der Waals surface area contributed by atoms with E-state index >= 15 is 0 Å². The molecule has 0 radical (unpaired) electrons. The molecule has 2 atom stereocenters. The van der Waals surface area contributed by atoms with Crippen LogP contribution in [0.1, 0.15) is 44.9 Å². The predicted octanol–water partition coefficient (Wildman–Crippen LogP) is 3.26. The highest BCUT2D eigenvalue weighted by Gasteiger charge is 2.27. The normalized spacial score (nSPS) is 26.1. The molecule has 1 aromatic carbocycles. The third-order valence-corrected chi connectivity index (χ3v) is 3.36. The van der Waals surface area contributed by atoms with E-state index in [0.717, 1.165) is 12.5 Å². The van der Waals surface area contributed by atoms with E-state index in [4.69, 9.17) is 0 Å². The maximum Gasteiger partial charge on any atom is 0.0358 e. The molecule has 2 rings (SSSR count). The molecule has 1 heteroatoms. The summed E-state index contributed by atoms with van der Waals surface area (Å²) in [5.41, 5.74) is 3.11. The van der Waals surface area contributed by atoms with Crippen molar-refractivity contribution in [2.45, 2.75) is 39.2 Å². The van der Waals surface area contributed by atoms with E-state index in [-0.39, 0.29) is 5.41 Å². The molecular formula is C14H21N. The van der Waals surface area contributed by atoms with Crippen molar-refractivity contribution in [2.75, 3.05) is 6.54 Å². The number of hydrogen-bond acceptors (Lipinski definition) is 1.